The zero-order valence-corrected chi connectivity index (χ0v) is 14.4. The minimum Gasteiger partial charge on any atom is -0.381 e. The summed E-state index contributed by atoms with van der Waals surface area (Å²) >= 11 is 0. The molecule has 0 radical (unpaired) electrons. The molecule has 0 spiro atoms. The summed E-state index contributed by atoms with van der Waals surface area (Å²) in [5, 5.41) is 3.86. The van der Waals surface area contributed by atoms with Crippen molar-refractivity contribution in [1.82, 2.24) is 10.2 Å². The molecule has 0 aromatic carbocycles. The van der Waals surface area contributed by atoms with Gasteiger partial charge in [0.1, 0.15) is 0 Å². The lowest BCUT2D eigenvalue weighted by Gasteiger charge is -2.51. The zero-order valence-electron chi connectivity index (χ0n) is 14.4. The van der Waals surface area contributed by atoms with Crippen LogP contribution in [0.4, 0.5) is 0 Å². The normalized spacial score (nSPS) is 39.4. The molecule has 4 unspecified atom stereocenters. The first kappa shape index (κ1) is 15.8. The van der Waals surface area contributed by atoms with Crippen LogP contribution in [-0.2, 0) is 4.74 Å². The Bertz CT molecular complexity index is 348. The Morgan fingerprint density at radius 3 is 2.48 bits per heavy atom. The molecule has 3 fully saturated rings. The summed E-state index contributed by atoms with van der Waals surface area (Å²) in [6, 6.07) is 2.14. The SMILES string of the molecule is COC1CCCC(N2CC(C3CC3)NCC2C(C)(C)C)C1. The topological polar surface area (TPSA) is 24.5 Å². The van der Waals surface area contributed by atoms with E-state index in [4.69, 9.17) is 4.74 Å². The third-order valence-corrected chi connectivity index (χ3v) is 5.97. The van der Waals surface area contributed by atoms with Gasteiger partial charge in [0.25, 0.3) is 0 Å². The van der Waals surface area contributed by atoms with Gasteiger partial charge in [-0.2, -0.15) is 0 Å². The predicted molar refractivity (Wildman–Crippen MR) is 87.5 cm³/mol. The number of methoxy groups -OCH3 is 1. The summed E-state index contributed by atoms with van der Waals surface area (Å²) in [4.78, 5) is 2.87. The van der Waals surface area contributed by atoms with Crippen molar-refractivity contribution in [3.8, 4) is 0 Å². The van der Waals surface area contributed by atoms with Crippen molar-refractivity contribution in [2.75, 3.05) is 20.2 Å². The lowest BCUT2D eigenvalue weighted by atomic mass is 9.80. The second-order valence-electron chi connectivity index (χ2n) is 8.61. The molecule has 122 valence electrons. The molecule has 0 amide bonds. The summed E-state index contributed by atoms with van der Waals surface area (Å²) in [7, 11) is 1.89. The molecule has 0 aromatic heterocycles. The van der Waals surface area contributed by atoms with E-state index in [0.717, 1.165) is 18.0 Å². The van der Waals surface area contributed by atoms with E-state index in [1.165, 1.54) is 51.6 Å². The fraction of sp³-hybridized carbons (Fsp3) is 1.00. The number of hydrogen-bond acceptors (Lipinski definition) is 3. The van der Waals surface area contributed by atoms with Gasteiger partial charge in [0, 0.05) is 38.3 Å². The molecule has 3 rings (SSSR count). The second kappa shape index (κ2) is 6.17. The Morgan fingerprint density at radius 2 is 1.86 bits per heavy atom. The molecule has 3 nitrogen and oxygen atoms in total. The first-order valence-electron chi connectivity index (χ1n) is 9.01. The number of hydrogen-bond donors (Lipinski definition) is 1. The van der Waals surface area contributed by atoms with E-state index in [1.54, 1.807) is 0 Å². The smallest absolute Gasteiger partial charge is 0.0586 e. The standard InChI is InChI=1S/C18H34N2O/c1-18(2,3)17-11-19-16(13-8-9-13)12-20(17)14-6-5-7-15(10-14)21-4/h13-17,19H,5-12H2,1-4H3. The van der Waals surface area contributed by atoms with Crippen LogP contribution in [0.15, 0.2) is 0 Å². The van der Waals surface area contributed by atoms with Crippen LogP contribution in [0.25, 0.3) is 0 Å². The summed E-state index contributed by atoms with van der Waals surface area (Å²) in [6.07, 6.45) is 8.56. The molecule has 1 N–H and O–H groups in total. The first-order valence-corrected chi connectivity index (χ1v) is 9.01. The van der Waals surface area contributed by atoms with E-state index in [2.05, 4.69) is 31.0 Å². The summed E-state index contributed by atoms with van der Waals surface area (Å²) in [5.74, 6) is 0.954. The minimum atomic E-state index is 0.349. The highest BCUT2D eigenvalue weighted by atomic mass is 16.5. The van der Waals surface area contributed by atoms with Crippen LogP contribution < -0.4 is 5.32 Å². The molecule has 2 saturated carbocycles. The van der Waals surface area contributed by atoms with E-state index in [-0.39, 0.29) is 0 Å². The van der Waals surface area contributed by atoms with E-state index >= 15 is 0 Å². The van der Waals surface area contributed by atoms with Gasteiger partial charge in [-0.1, -0.05) is 20.8 Å². The first-order chi connectivity index (χ1) is 9.99. The maximum Gasteiger partial charge on any atom is 0.0586 e. The molecule has 1 aliphatic heterocycles. The fourth-order valence-corrected chi connectivity index (χ4v) is 4.46. The van der Waals surface area contributed by atoms with E-state index < -0.39 is 0 Å². The Kier molecular flexibility index (Phi) is 4.63. The van der Waals surface area contributed by atoms with Crippen LogP contribution in [0.3, 0.4) is 0 Å². The Balaban J connectivity index is 1.72. The largest absolute Gasteiger partial charge is 0.381 e. The zero-order chi connectivity index (χ0) is 15.0. The molecule has 1 heterocycles. The van der Waals surface area contributed by atoms with Gasteiger partial charge in [-0.15, -0.1) is 0 Å². The molecule has 3 heteroatoms. The van der Waals surface area contributed by atoms with Crippen molar-refractivity contribution in [2.45, 2.75) is 83.5 Å². The van der Waals surface area contributed by atoms with Crippen molar-refractivity contribution in [1.29, 1.82) is 0 Å². The molecule has 3 aliphatic rings. The third-order valence-electron chi connectivity index (χ3n) is 5.97. The maximum atomic E-state index is 5.68. The van der Waals surface area contributed by atoms with Crippen LogP contribution in [0.5, 0.6) is 0 Å². The van der Waals surface area contributed by atoms with Gasteiger partial charge in [-0.05, 0) is 49.9 Å². The van der Waals surface area contributed by atoms with Crippen LogP contribution >= 0.6 is 0 Å². The Labute approximate surface area is 130 Å². The van der Waals surface area contributed by atoms with Crippen LogP contribution in [-0.4, -0.2) is 49.3 Å². The highest BCUT2D eigenvalue weighted by molar-refractivity contribution is 5.00. The molecular weight excluding hydrogens is 260 g/mol. The van der Waals surface area contributed by atoms with Gasteiger partial charge >= 0.3 is 0 Å². The van der Waals surface area contributed by atoms with Crippen LogP contribution in [0, 0.1) is 11.3 Å². The quantitative estimate of drug-likeness (QED) is 0.866. The summed E-state index contributed by atoms with van der Waals surface area (Å²) in [5.41, 5.74) is 0.349. The maximum absolute atomic E-state index is 5.68. The number of piperazine rings is 1. The van der Waals surface area contributed by atoms with Crippen molar-refractivity contribution < 1.29 is 4.74 Å². The van der Waals surface area contributed by atoms with Crippen molar-refractivity contribution in [2.24, 2.45) is 11.3 Å². The number of ether oxygens (including phenoxy) is 1. The number of nitrogens with zero attached hydrogens (tertiary/aromatic N) is 1. The van der Waals surface area contributed by atoms with E-state index in [0.29, 0.717) is 17.6 Å². The number of nitrogens with one attached hydrogen (secondary N) is 1. The van der Waals surface area contributed by atoms with E-state index in [1.807, 2.05) is 7.11 Å². The molecule has 1 saturated heterocycles. The van der Waals surface area contributed by atoms with E-state index in [9.17, 15) is 0 Å². The molecular formula is C18H34N2O. The van der Waals surface area contributed by atoms with Crippen molar-refractivity contribution in [3.05, 3.63) is 0 Å². The summed E-state index contributed by atoms with van der Waals surface area (Å²) in [6.45, 7) is 9.63. The molecule has 4 atom stereocenters. The number of rotatable bonds is 3. The van der Waals surface area contributed by atoms with Gasteiger partial charge in [0.15, 0.2) is 0 Å². The van der Waals surface area contributed by atoms with Gasteiger partial charge < -0.3 is 10.1 Å². The van der Waals surface area contributed by atoms with Gasteiger partial charge in [0.05, 0.1) is 6.10 Å². The Morgan fingerprint density at radius 1 is 1.10 bits per heavy atom. The van der Waals surface area contributed by atoms with Gasteiger partial charge in [-0.25, -0.2) is 0 Å². The average molecular weight is 294 g/mol. The van der Waals surface area contributed by atoms with Crippen molar-refractivity contribution in [3.63, 3.8) is 0 Å². The molecule has 0 bridgehead atoms. The lowest BCUT2D eigenvalue weighted by Crippen LogP contribution is -2.64. The molecule has 21 heavy (non-hydrogen) atoms. The van der Waals surface area contributed by atoms with Crippen molar-refractivity contribution >= 4 is 0 Å². The highest BCUT2D eigenvalue weighted by Gasteiger charge is 2.43. The highest BCUT2D eigenvalue weighted by Crippen LogP contribution is 2.38. The Hall–Kier alpha value is -0.120. The van der Waals surface area contributed by atoms with Crippen LogP contribution in [0.2, 0.25) is 0 Å². The minimum absolute atomic E-state index is 0.349. The second-order valence-corrected chi connectivity index (χ2v) is 8.61. The molecule has 0 aromatic rings. The monoisotopic (exact) mass is 294 g/mol. The van der Waals surface area contributed by atoms with Gasteiger partial charge in [0.2, 0.25) is 0 Å². The third kappa shape index (κ3) is 3.62. The fourth-order valence-electron chi connectivity index (χ4n) is 4.46. The lowest BCUT2D eigenvalue weighted by molar-refractivity contribution is -0.0286. The summed E-state index contributed by atoms with van der Waals surface area (Å²) < 4.78 is 5.68. The predicted octanol–water partition coefficient (Wildman–Crippen LogP) is 3.04. The van der Waals surface area contributed by atoms with Crippen LogP contribution in [0.1, 0.15) is 59.3 Å². The van der Waals surface area contributed by atoms with Gasteiger partial charge in [-0.3, -0.25) is 4.90 Å². The molecule has 2 aliphatic carbocycles. The average Bonchev–Trinajstić information content (AvgIpc) is 3.30.